The molecule has 3 aromatic carbocycles. The Balaban J connectivity index is 2.04. The van der Waals surface area contributed by atoms with Gasteiger partial charge in [0.2, 0.25) is 11.8 Å². The Hall–Kier alpha value is -3.85. The van der Waals surface area contributed by atoms with E-state index in [1.807, 2.05) is 45.0 Å². The third-order valence-corrected chi connectivity index (χ3v) is 8.28. The maximum Gasteiger partial charge on any atom is 0.264 e. The first-order valence-corrected chi connectivity index (χ1v) is 14.6. The second kappa shape index (κ2) is 13.8. The van der Waals surface area contributed by atoms with Crippen LogP contribution < -0.4 is 14.4 Å². The van der Waals surface area contributed by atoms with Gasteiger partial charge >= 0.3 is 0 Å². The van der Waals surface area contributed by atoms with E-state index in [0.717, 1.165) is 21.9 Å². The Labute approximate surface area is 231 Å². The molecule has 0 heterocycles. The van der Waals surface area contributed by atoms with Gasteiger partial charge in [-0.2, -0.15) is 0 Å². The van der Waals surface area contributed by atoms with Gasteiger partial charge in [-0.25, -0.2) is 8.42 Å². The van der Waals surface area contributed by atoms with E-state index in [1.54, 1.807) is 49.6 Å². The van der Waals surface area contributed by atoms with Crippen LogP contribution in [0.5, 0.6) is 5.75 Å². The molecule has 0 bridgehead atoms. The summed E-state index contributed by atoms with van der Waals surface area (Å²) >= 11 is 0. The maximum absolute atomic E-state index is 14.0. The third kappa shape index (κ3) is 7.38. The second-order valence-corrected chi connectivity index (χ2v) is 10.9. The summed E-state index contributed by atoms with van der Waals surface area (Å²) in [5.41, 5.74) is 2.21. The number of carbonyl (C=O) groups excluding carboxylic acids is 2. The van der Waals surface area contributed by atoms with Crippen LogP contribution in [0.2, 0.25) is 0 Å². The molecule has 39 heavy (non-hydrogen) atoms. The number of aryl methyl sites for hydroxylation is 1. The molecule has 1 N–H and O–H groups in total. The van der Waals surface area contributed by atoms with E-state index in [-0.39, 0.29) is 17.3 Å². The Morgan fingerprint density at radius 2 is 1.49 bits per heavy atom. The number of nitrogens with zero attached hydrogens (tertiary/aromatic N) is 2. The number of methoxy groups -OCH3 is 1. The number of ether oxygens (including phenoxy) is 1. The standard InChI is InChI=1S/C30H37N3O5S/c1-5-23-13-17-25(18-14-23)33(39(36,37)27-11-9-8-10-12-27)22-29(34)32(28(6-2)30(35)31-7-3)21-24-15-19-26(38-4)20-16-24/h8-20,28H,5-7,21-22H2,1-4H3,(H,31,35)/t28-/m0/s1. The summed E-state index contributed by atoms with van der Waals surface area (Å²) in [6, 6.07) is 21.6. The zero-order valence-corrected chi connectivity index (χ0v) is 23.8. The summed E-state index contributed by atoms with van der Waals surface area (Å²) in [6.07, 6.45) is 1.16. The fraction of sp³-hybridized carbons (Fsp3) is 0.333. The highest BCUT2D eigenvalue weighted by Crippen LogP contribution is 2.25. The molecule has 3 aromatic rings. The molecule has 208 valence electrons. The van der Waals surface area contributed by atoms with Crippen molar-refractivity contribution in [1.82, 2.24) is 10.2 Å². The Bertz CT molecular complexity index is 1330. The van der Waals surface area contributed by atoms with Crippen LogP contribution >= 0.6 is 0 Å². The van der Waals surface area contributed by atoms with E-state index in [2.05, 4.69) is 5.32 Å². The number of hydrogen-bond donors (Lipinski definition) is 1. The summed E-state index contributed by atoms with van der Waals surface area (Å²) in [7, 11) is -2.51. The Morgan fingerprint density at radius 3 is 2.03 bits per heavy atom. The molecule has 0 unspecified atom stereocenters. The lowest BCUT2D eigenvalue weighted by Gasteiger charge is -2.33. The van der Waals surface area contributed by atoms with Gasteiger partial charge < -0.3 is 15.0 Å². The molecule has 1 atom stereocenters. The molecule has 8 nitrogen and oxygen atoms in total. The second-order valence-electron chi connectivity index (χ2n) is 9.03. The van der Waals surface area contributed by atoms with Crippen LogP contribution in [0.4, 0.5) is 5.69 Å². The molecule has 3 rings (SSSR count). The van der Waals surface area contributed by atoms with Crippen molar-refractivity contribution >= 4 is 27.5 Å². The molecular weight excluding hydrogens is 514 g/mol. The molecule has 2 amide bonds. The lowest BCUT2D eigenvalue weighted by Crippen LogP contribution is -2.52. The van der Waals surface area contributed by atoms with Crippen molar-refractivity contribution in [2.45, 2.75) is 51.1 Å². The van der Waals surface area contributed by atoms with E-state index in [4.69, 9.17) is 4.74 Å². The van der Waals surface area contributed by atoms with Gasteiger partial charge in [0.15, 0.2) is 0 Å². The number of sulfonamides is 1. The number of carbonyl (C=O) groups is 2. The van der Waals surface area contributed by atoms with Crippen LogP contribution in [-0.4, -0.2) is 51.4 Å². The number of anilines is 1. The average molecular weight is 552 g/mol. The molecule has 0 spiro atoms. The number of rotatable bonds is 13. The normalized spacial score (nSPS) is 11.9. The van der Waals surface area contributed by atoms with Gasteiger partial charge in [-0.1, -0.05) is 56.3 Å². The highest BCUT2D eigenvalue weighted by molar-refractivity contribution is 7.92. The van der Waals surface area contributed by atoms with Crippen molar-refractivity contribution in [3.8, 4) is 5.75 Å². The predicted octanol–water partition coefficient (Wildman–Crippen LogP) is 4.40. The van der Waals surface area contributed by atoms with Crippen LogP contribution in [0.3, 0.4) is 0 Å². The van der Waals surface area contributed by atoms with Crippen LogP contribution in [0.25, 0.3) is 0 Å². The molecule has 0 aromatic heterocycles. The molecule has 0 saturated heterocycles. The summed E-state index contributed by atoms with van der Waals surface area (Å²) in [5, 5.41) is 2.80. The van der Waals surface area contributed by atoms with Crippen LogP contribution in [0, 0.1) is 0 Å². The van der Waals surface area contributed by atoms with E-state index < -0.39 is 28.5 Å². The first kappa shape index (κ1) is 29.7. The van der Waals surface area contributed by atoms with Gasteiger partial charge in [0, 0.05) is 13.1 Å². The van der Waals surface area contributed by atoms with Gasteiger partial charge in [-0.3, -0.25) is 13.9 Å². The summed E-state index contributed by atoms with van der Waals surface area (Å²) in [6.45, 7) is 5.74. The molecule has 0 aliphatic rings. The van der Waals surface area contributed by atoms with Crippen LogP contribution in [0.1, 0.15) is 38.3 Å². The molecule has 0 saturated carbocycles. The first-order valence-electron chi connectivity index (χ1n) is 13.1. The lowest BCUT2D eigenvalue weighted by molar-refractivity contribution is -0.140. The zero-order chi connectivity index (χ0) is 28.4. The van der Waals surface area contributed by atoms with Crippen molar-refractivity contribution in [2.75, 3.05) is 24.5 Å². The minimum atomic E-state index is -4.08. The van der Waals surface area contributed by atoms with Crippen molar-refractivity contribution in [1.29, 1.82) is 0 Å². The molecular formula is C30H37N3O5S. The smallest absolute Gasteiger partial charge is 0.264 e. The maximum atomic E-state index is 14.0. The number of likely N-dealkylation sites (N-methyl/N-ethyl adjacent to an activating group) is 1. The minimum absolute atomic E-state index is 0.0786. The minimum Gasteiger partial charge on any atom is -0.497 e. The Morgan fingerprint density at radius 1 is 0.872 bits per heavy atom. The van der Waals surface area contributed by atoms with E-state index in [0.29, 0.717) is 24.4 Å². The van der Waals surface area contributed by atoms with Crippen LogP contribution in [-0.2, 0) is 32.6 Å². The topological polar surface area (TPSA) is 96.0 Å². The molecule has 0 aliphatic carbocycles. The molecule has 0 fully saturated rings. The SMILES string of the molecule is CCNC(=O)[C@H](CC)N(Cc1ccc(OC)cc1)C(=O)CN(c1ccc(CC)cc1)S(=O)(=O)c1ccccc1. The van der Waals surface area contributed by atoms with Gasteiger partial charge in [0.1, 0.15) is 18.3 Å². The van der Waals surface area contributed by atoms with Crippen molar-refractivity contribution < 1.29 is 22.7 Å². The Kier molecular flexibility index (Phi) is 10.5. The number of hydrogen-bond acceptors (Lipinski definition) is 5. The fourth-order valence-electron chi connectivity index (χ4n) is 4.29. The van der Waals surface area contributed by atoms with Gasteiger partial charge in [0.05, 0.1) is 17.7 Å². The van der Waals surface area contributed by atoms with Crippen molar-refractivity contribution in [3.63, 3.8) is 0 Å². The summed E-state index contributed by atoms with van der Waals surface area (Å²) < 4.78 is 34.0. The van der Waals surface area contributed by atoms with Gasteiger partial charge in [0.25, 0.3) is 10.0 Å². The number of nitrogens with one attached hydrogen (secondary N) is 1. The van der Waals surface area contributed by atoms with Gasteiger partial charge in [-0.05, 0) is 67.3 Å². The van der Waals surface area contributed by atoms with Crippen molar-refractivity contribution in [3.05, 3.63) is 90.0 Å². The summed E-state index contributed by atoms with van der Waals surface area (Å²) in [5.74, 6) is -0.0994. The monoisotopic (exact) mass is 551 g/mol. The summed E-state index contributed by atoms with van der Waals surface area (Å²) in [4.78, 5) is 28.5. The quantitative estimate of drug-likeness (QED) is 0.340. The molecule has 0 aliphatic heterocycles. The largest absolute Gasteiger partial charge is 0.497 e. The van der Waals surface area contributed by atoms with Crippen LogP contribution in [0.15, 0.2) is 83.8 Å². The van der Waals surface area contributed by atoms with Gasteiger partial charge in [-0.15, -0.1) is 0 Å². The molecule has 0 radical (unpaired) electrons. The first-order chi connectivity index (χ1) is 18.7. The highest BCUT2D eigenvalue weighted by atomic mass is 32.2. The van der Waals surface area contributed by atoms with Crippen molar-refractivity contribution in [2.24, 2.45) is 0 Å². The zero-order valence-electron chi connectivity index (χ0n) is 23.0. The third-order valence-electron chi connectivity index (χ3n) is 6.49. The highest BCUT2D eigenvalue weighted by Gasteiger charge is 2.33. The number of benzene rings is 3. The predicted molar refractivity (Wildman–Crippen MR) is 153 cm³/mol. The van der Waals surface area contributed by atoms with E-state index >= 15 is 0 Å². The average Bonchev–Trinajstić information content (AvgIpc) is 2.96. The van der Waals surface area contributed by atoms with E-state index in [1.165, 1.54) is 17.0 Å². The number of amides is 2. The molecule has 9 heteroatoms. The lowest BCUT2D eigenvalue weighted by atomic mass is 10.1. The van der Waals surface area contributed by atoms with E-state index in [9.17, 15) is 18.0 Å². The fourth-order valence-corrected chi connectivity index (χ4v) is 5.72.